The summed E-state index contributed by atoms with van der Waals surface area (Å²) in [5.41, 5.74) is -0.644. The van der Waals surface area contributed by atoms with Crippen molar-refractivity contribution in [3.63, 3.8) is 0 Å². The van der Waals surface area contributed by atoms with E-state index in [-0.39, 0.29) is 11.5 Å². The number of para-hydroxylation sites is 2. The number of hydrogen-bond acceptors (Lipinski definition) is 3. The maximum atomic E-state index is 9.43. The molecular formula is C15H24O3. The number of benzene rings is 1. The summed E-state index contributed by atoms with van der Waals surface area (Å²) in [5.74, 6) is -0.153. The number of hydrogen-bond donors (Lipinski definition) is 3. The molecule has 0 aliphatic rings. The Morgan fingerprint density at radius 3 is 2.00 bits per heavy atom. The Hall–Kier alpha value is -1.48. The Balaban J connectivity index is 0.000000327. The van der Waals surface area contributed by atoms with Gasteiger partial charge in [0.2, 0.25) is 0 Å². The van der Waals surface area contributed by atoms with Gasteiger partial charge in [-0.1, -0.05) is 44.4 Å². The molecule has 0 aliphatic carbocycles. The lowest BCUT2D eigenvalue weighted by Gasteiger charge is -2.17. The first kappa shape index (κ1) is 16.5. The first-order chi connectivity index (χ1) is 8.43. The second kappa shape index (κ2) is 8.59. The van der Waals surface area contributed by atoms with Gasteiger partial charge in [0.15, 0.2) is 11.5 Å². The Bertz CT molecular complexity index is 324. The summed E-state index contributed by atoms with van der Waals surface area (Å²) in [7, 11) is 0. The zero-order valence-corrected chi connectivity index (χ0v) is 11.3. The van der Waals surface area contributed by atoms with Gasteiger partial charge in [0.05, 0.1) is 5.60 Å². The highest BCUT2D eigenvalue weighted by Gasteiger charge is 2.13. The van der Waals surface area contributed by atoms with Crippen molar-refractivity contribution in [2.75, 3.05) is 0 Å². The molecule has 0 spiro atoms. The highest BCUT2D eigenvalue weighted by Crippen LogP contribution is 2.21. The van der Waals surface area contributed by atoms with Gasteiger partial charge >= 0.3 is 0 Å². The lowest BCUT2D eigenvalue weighted by molar-refractivity contribution is 0.0990. The summed E-state index contributed by atoms with van der Waals surface area (Å²) in [5, 5.41) is 26.8. The monoisotopic (exact) mass is 252 g/mol. The van der Waals surface area contributed by atoms with Crippen molar-refractivity contribution in [2.24, 2.45) is 0 Å². The Kier molecular flexibility index (Phi) is 7.88. The van der Waals surface area contributed by atoms with E-state index in [9.17, 15) is 5.11 Å². The standard InChI is InChI=1S/C9H18O.C6H6O2/c1-4-6-7-8-9(3,10)5-2;7-5-3-1-2-4-6(5)8/h5,10H,2,4,6-8H2,1,3H3;1-4,7-8H. The highest BCUT2D eigenvalue weighted by molar-refractivity contribution is 5.36. The molecule has 0 amide bonds. The quantitative estimate of drug-likeness (QED) is 0.426. The minimum Gasteiger partial charge on any atom is -0.504 e. The van der Waals surface area contributed by atoms with Crippen LogP contribution in [-0.2, 0) is 0 Å². The Labute approximate surface area is 109 Å². The predicted molar refractivity (Wildman–Crippen MR) is 74.7 cm³/mol. The molecule has 0 radical (unpaired) electrons. The maximum absolute atomic E-state index is 9.43. The lowest BCUT2D eigenvalue weighted by Crippen LogP contribution is -2.19. The van der Waals surface area contributed by atoms with Crippen LogP contribution >= 0.6 is 0 Å². The third-order valence-corrected chi connectivity index (χ3v) is 2.61. The normalized spacial score (nSPS) is 13.1. The molecule has 1 aromatic rings. The third-order valence-electron chi connectivity index (χ3n) is 2.61. The third kappa shape index (κ3) is 7.74. The van der Waals surface area contributed by atoms with E-state index in [1.807, 2.05) is 0 Å². The summed E-state index contributed by atoms with van der Waals surface area (Å²) in [6.45, 7) is 7.52. The van der Waals surface area contributed by atoms with Gasteiger partial charge in [-0.15, -0.1) is 6.58 Å². The molecule has 3 heteroatoms. The fraction of sp³-hybridized carbons (Fsp3) is 0.467. The number of rotatable bonds is 5. The van der Waals surface area contributed by atoms with Crippen LogP contribution in [0.3, 0.4) is 0 Å². The van der Waals surface area contributed by atoms with E-state index in [0.29, 0.717) is 0 Å². The van der Waals surface area contributed by atoms with Crippen molar-refractivity contribution < 1.29 is 15.3 Å². The topological polar surface area (TPSA) is 60.7 Å². The Morgan fingerprint density at radius 1 is 1.17 bits per heavy atom. The number of aliphatic hydroxyl groups is 1. The van der Waals surface area contributed by atoms with Crippen LogP contribution in [0, 0.1) is 0 Å². The van der Waals surface area contributed by atoms with E-state index in [1.54, 1.807) is 25.1 Å². The Morgan fingerprint density at radius 2 is 1.67 bits per heavy atom. The fourth-order valence-corrected chi connectivity index (χ4v) is 1.30. The molecule has 0 aromatic heterocycles. The molecule has 1 rings (SSSR count). The van der Waals surface area contributed by atoms with Crippen LogP contribution < -0.4 is 0 Å². The predicted octanol–water partition coefficient (Wildman–Crippen LogP) is 3.60. The minimum absolute atomic E-state index is 0.0764. The van der Waals surface area contributed by atoms with Crippen LogP contribution in [0.5, 0.6) is 11.5 Å². The molecule has 1 atom stereocenters. The van der Waals surface area contributed by atoms with Gasteiger partial charge in [-0.05, 0) is 25.5 Å². The van der Waals surface area contributed by atoms with Gasteiger partial charge in [-0.3, -0.25) is 0 Å². The molecule has 18 heavy (non-hydrogen) atoms. The number of phenols is 2. The van der Waals surface area contributed by atoms with Crippen LogP contribution in [0.2, 0.25) is 0 Å². The second-order valence-electron chi connectivity index (χ2n) is 4.51. The molecular weight excluding hydrogens is 228 g/mol. The number of phenolic OH excluding ortho intramolecular Hbond substituents is 2. The zero-order valence-electron chi connectivity index (χ0n) is 11.3. The van der Waals surface area contributed by atoms with Crippen molar-refractivity contribution in [3.8, 4) is 11.5 Å². The molecule has 3 N–H and O–H groups in total. The second-order valence-corrected chi connectivity index (χ2v) is 4.51. The van der Waals surface area contributed by atoms with Gasteiger partial charge in [0.1, 0.15) is 0 Å². The maximum Gasteiger partial charge on any atom is 0.157 e. The first-order valence-electron chi connectivity index (χ1n) is 6.26. The van der Waals surface area contributed by atoms with Crippen LogP contribution in [0.15, 0.2) is 36.9 Å². The van der Waals surface area contributed by atoms with Crippen molar-refractivity contribution in [1.82, 2.24) is 0 Å². The summed E-state index contributed by atoms with van der Waals surface area (Å²) < 4.78 is 0. The molecule has 0 fully saturated rings. The fourth-order valence-electron chi connectivity index (χ4n) is 1.30. The van der Waals surface area contributed by atoms with E-state index in [0.717, 1.165) is 12.8 Å². The highest BCUT2D eigenvalue weighted by atomic mass is 16.3. The molecule has 0 saturated carbocycles. The average molecular weight is 252 g/mol. The van der Waals surface area contributed by atoms with Gasteiger partial charge < -0.3 is 15.3 Å². The van der Waals surface area contributed by atoms with E-state index >= 15 is 0 Å². The van der Waals surface area contributed by atoms with Gasteiger partial charge in [0, 0.05) is 0 Å². The van der Waals surface area contributed by atoms with Crippen molar-refractivity contribution >= 4 is 0 Å². The van der Waals surface area contributed by atoms with Gasteiger partial charge in [0.25, 0.3) is 0 Å². The van der Waals surface area contributed by atoms with E-state index in [4.69, 9.17) is 10.2 Å². The molecule has 3 nitrogen and oxygen atoms in total. The number of unbranched alkanes of at least 4 members (excludes halogenated alkanes) is 2. The van der Waals surface area contributed by atoms with Gasteiger partial charge in [-0.2, -0.15) is 0 Å². The van der Waals surface area contributed by atoms with E-state index in [1.165, 1.54) is 25.0 Å². The van der Waals surface area contributed by atoms with Crippen LogP contribution in [0.4, 0.5) is 0 Å². The van der Waals surface area contributed by atoms with Crippen molar-refractivity contribution in [1.29, 1.82) is 0 Å². The van der Waals surface area contributed by atoms with Crippen LogP contribution in [0.25, 0.3) is 0 Å². The number of aromatic hydroxyl groups is 2. The smallest absolute Gasteiger partial charge is 0.157 e. The molecule has 0 heterocycles. The van der Waals surface area contributed by atoms with E-state index < -0.39 is 5.60 Å². The minimum atomic E-state index is -0.644. The average Bonchev–Trinajstić information content (AvgIpc) is 2.34. The van der Waals surface area contributed by atoms with Crippen molar-refractivity contribution in [3.05, 3.63) is 36.9 Å². The van der Waals surface area contributed by atoms with Crippen LogP contribution in [0.1, 0.15) is 39.5 Å². The summed E-state index contributed by atoms with van der Waals surface area (Å²) in [4.78, 5) is 0. The van der Waals surface area contributed by atoms with Crippen LogP contribution in [-0.4, -0.2) is 20.9 Å². The first-order valence-corrected chi connectivity index (χ1v) is 6.26. The zero-order chi connectivity index (χ0) is 14.0. The summed E-state index contributed by atoms with van der Waals surface area (Å²) in [6, 6.07) is 6.15. The molecule has 1 unspecified atom stereocenters. The lowest BCUT2D eigenvalue weighted by atomic mass is 9.99. The SMILES string of the molecule is C=CC(C)(O)CCCCC.Oc1ccccc1O. The molecule has 0 bridgehead atoms. The largest absolute Gasteiger partial charge is 0.504 e. The molecule has 1 aromatic carbocycles. The summed E-state index contributed by atoms with van der Waals surface area (Å²) in [6.07, 6.45) is 5.94. The molecule has 0 saturated heterocycles. The van der Waals surface area contributed by atoms with Crippen molar-refractivity contribution in [2.45, 2.75) is 45.1 Å². The molecule has 0 aliphatic heterocycles. The van der Waals surface area contributed by atoms with E-state index in [2.05, 4.69) is 13.5 Å². The summed E-state index contributed by atoms with van der Waals surface area (Å²) >= 11 is 0. The van der Waals surface area contributed by atoms with Gasteiger partial charge in [-0.25, -0.2) is 0 Å². The molecule has 102 valence electrons.